The summed E-state index contributed by atoms with van der Waals surface area (Å²) in [7, 11) is 0. The van der Waals surface area contributed by atoms with E-state index in [-0.39, 0.29) is 0 Å². The lowest BCUT2D eigenvalue weighted by Crippen LogP contribution is -2.55. The Balaban J connectivity index is 1.72. The molecule has 3 fully saturated rings. The van der Waals surface area contributed by atoms with E-state index in [0.29, 0.717) is 5.41 Å². The average molecular weight is 209 g/mol. The lowest BCUT2D eigenvalue weighted by Gasteiger charge is -2.52. The lowest BCUT2D eigenvalue weighted by molar-refractivity contribution is -0.182. The van der Waals surface area contributed by atoms with Crippen molar-refractivity contribution < 1.29 is 4.74 Å². The fourth-order valence-corrected chi connectivity index (χ4v) is 4.04. The minimum Gasteiger partial charge on any atom is -0.380 e. The van der Waals surface area contributed by atoms with Crippen LogP contribution in [-0.4, -0.2) is 26.3 Å². The first kappa shape index (κ1) is 10.1. The molecule has 0 aromatic heterocycles. The third-order valence-electron chi connectivity index (χ3n) is 5.06. The molecule has 0 atom stereocenters. The SMILES string of the molecule is C1CCC(C2(C3CCNCC3)COC2)C1. The Labute approximate surface area is 92.8 Å². The number of nitrogens with one attached hydrogen (secondary N) is 1. The van der Waals surface area contributed by atoms with Crippen LogP contribution in [0.3, 0.4) is 0 Å². The molecule has 0 radical (unpaired) electrons. The van der Waals surface area contributed by atoms with E-state index in [4.69, 9.17) is 4.74 Å². The minimum atomic E-state index is 0.610. The molecule has 0 unspecified atom stereocenters. The molecule has 2 nitrogen and oxygen atoms in total. The van der Waals surface area contributed by atoms with Crippen molar-refractivity contribution in [1.29, 1.82) is 0 Å². The van der Waals surface area contributed by atoms with E-state index in [1.54, 1.807) is 0 Å². The summed E-state index contributed by atoms with van der Waals surface area (Å²) in [6, 6.07) is 0. The van der Waals surface area contributed by atoms with Crippen molar-refractivity contribution >= 4 is 0 Å². The maximum Gasteiger partial charge on any atom is 0.0550 e. The zero-order valence-corrected chi connectivity index (χ0v) is 9.63. The smallest absolute Gasteiger partial charge is 0.0550 e. The molecule has 0 aromatic rings. The van der Waals surface area contributed by atoms with Crippen LogP contribution in [-0.2, 0) is 4.74 Å². The molecule has 0 amide bonds. The van der Waals surface area contributed by atoms with E-state index < -0.39 is 0 Å². The molecular formula is C13H23NO. The van der Waals surface area contributed by atoms with E-state index in [0.717, 1.165) is 25.0 Å². The van der Waals surface area contributed by atoms with Gasteiger partial charge in [-0.05, 0) is 50.6 Å². The molecule has 0 bridgehead atoms. The van der Waals surface area contributed by atoms with Crippen LogP contribution in [0.1, 0.15) is 38.5 Å². The zero-order valence-electron chi connectivity index (χ0n) is 9.63. The van der Waals surface area contributed by atoms with Gasteiger partial charge in [0, 0.05) is 5.41 Å². The summed E-state index contributed by atoms with van der Waals surface area (Å²) in [6.45, 7) is 4.61. The molecule has 86 valence electrons. The van der Waals surface area contributed by atoms with E-state index in [2.05, 4.69) is 5.32 Å². The monoisotopic (exact) mass is 209 g/mol. The predicted molar refractivity (Wildman–Crippen MR) is 60.8 cm³/mol. The maximum atomic E-state index is 5.58. The fraction of sp³-hybridized carbons (Fsp3) is 1.00. The third kappa shape index (κ3) is 1.62. The van der Waals surface area contributed by atoms with Crippen LogP contribution in [0.15, 0.2) is 0 Å². The highest BCUT2D eigenvalue weighted by Gasteiger charge is 2.51. The second kappa shape index (κ2) is 4.06. The van der Waals surface area contributed by atoms with E-state index >= 15 is 0 Å². The van der Waals surface area contributed by atoms with E-state index in [1.807, 2.05) is 0 Å². The van der Waals surface area contributed by atoms with Crippen LogP contribution >= 0.6 is 0 Å². The molecule has 2 heterocycles. The second-order valence-corrected chi connectivity index (χ2v) is 5.73. The Hall–Kier alpha value is -0.0800. The van der Waals surface area contributed by atoms with Crippen LogP contribution in [0.2, 0.25) is 0 Å². The number of hydrogen-bond acceptors (Lipinski definition) is 2. The first-order valence-electron chi connectivity index (χ1n) is 6.70. The summed E-state index contributed by atoms with van der Waals surface area (Å²) in [5, 5.41) is 3.48. The summed E-state index contributed by atoms with van der Waals surface area (Å²) >= 11 is 0. The Bertz CT molecular complexity index is 213. The molecule has 2 aliphatic heterocycles. The summed E-state index contributed by atoms with van der Waals surface area (Å²) in [4.78, 5) is 0. The Morgan fingerprint density at radius 1 is 0.867 bits per heavy atom. The molecule has 1 aliphatic carbocycles. The first-order chi connectivity index (χ1) is 7.42. The molecule has 0 spiro atoms. The van der Waals surface area contributed by atoms with Crippen molar-refractivity contribution in [2.24, 2.45) is 17.3 Å². The van der Waals surface area contributed by atoms with E-state index in [9.17, 15) is 0 Å². The lowest BCUT2D eigenvalue weighted by atomic mass is 9.61. The molecule has 15 heavy (non-hydrogen) atoms. The molecule has 2 saturated heterocycles. The molecule has 3 aliphatic rings. The van der Waals surface area contributed by atoms with Crippen LogP contribution in [0, 0.1) is 17.3 Å². The molecule has 0 aromatic carbocycles. The number of rotatable bonds is 2. The summed E-state index contributed by atoms with van der Waals surface area (Å²) in [5.74, 6) is 1.95. The fourth-order valence-electron chi connectivity index (χ4n) is 4.04. The highest BCUT2D eigenvalue weighted by atomic mass is 16.5. The van der Waals surface area contributed by atoms with Gasteiger partial charge in [0.2, 0.25) is 0 Å². The minimum absolute atomic E-state index is 0.610. The van der Waals surface area contributed by atoms with Gasteiger partial charge in [-0.2, -0.15) is 0 Å². The first-order valence-corrected chi connectivity index (χ1v) is 6.70. The summed E-state index contributed by atoms with van der Waals surface area (Å²) in [5.41, 5.74) is 0.610. The third-order valence-corrected chi connectivity index (χ3v) is 5.06. The van der Waals surface area contributed by atoms with Crippen LogP contribution in [0.25, 0.3) is 0 Å². The van der Waals surface area contributed by atoms with Gasteiger partial charge >= 0.3 is 0 Å². The number of piperidine rings is 1. The maximum absolute atomic E-state index is 5.58. The van der Waals surface area contributed by atoms with Gasteiger partial charge in [0.05, 0.1) is 13.2 Å². The Kier molecular flexibility index (Phi) is 2.73. The highest BCUT2D eigenvalue weighted by molar-refractivity contribution is 4.99. The molecular weight excluding hydrogens is 186 g/mol. The van der Waals surface area contributed by atoms with Crippen molar-refractivity contribution in [2.45, 2.75) is 38.5 Å². The van der Waals surface area contributed by atoms with Gasteiger partial charge in [-0.1, -0.05) is 12.8 Å². The summed E-state index contributed by atoms with van der Waals surface area (Å²) in [6.07, 6.45) is 8.68. The highest BCUT2D eigenvalue weighted by Crippen LogP contribution is 2.52. The van der Waals surface area contributed by atoms with Crippen LogP contribution in [0.4, 0.5) is 0 Å². The summed E-state index contributed by atoms with van der Waals surface area (Å²) < 4.78 is 5.58. The van der Waals surface area contributed by atoms with Gasteiger partial charge in [0.15, 0.2) is 0 Å². The van der Waals surface area contributed by atoms with Gasteiger partial charge in [0.1, 0.15) is 0 Å². The molecule has 1 saturated carbocycles. The number of ether oxygens (including phenoxy) is 1. The largest absolute Gasteiger partial charge is 0.380 e. The van der Waals surface area contributed by atoms with Gasteiger partial charge in [-0.15, -0.1) is 0 Å². The van der Waals surface area contributed by atoms with Gasteiger partial charge < -0.3 is 10.1 Å². The average Bonchev–Trinajstić information content (AvgIpc) is 2.72. The van der Waals surface area contributed by atoms with Gasteiger partial charge in [-0.25, -0.2) is 0 Å². The van der Waals surface area contributed by atoms with Gasteiger partial charge in [-0.3, -0.25) is 0 Å². The van der Waals surface area contributed by atoms with Crippen LogP contribution in [0.5, 0.6) is 0 Å². The Morgan fingerprint density at radius 3 is 2.00 bits per heavy atom. The molecule has 3 rings (SSSR count). The van der Waals surface area contributed by atoms with Crippen molar-refractivity contribution in [1.82, 2.24) is 5.32 Å². The van der Waals surface area contributed by atoms with Crippen LogP contribution < -0.4 is 5.32 Å². The topological polar surface area (TPSA) is 21.3 Å². The number of hydrogen-bond donors (Lipinski definition) is 1. The van der Waals surface area contributed by atoms with Crippen molar-refractivity contribution in [3.05, 3.63) is 0 Å². The normalized spacial score (nSPS) is 32.8. The van der Waals surface area contributed by atoms with Crippen molar-refractivity contribution in [3.8, 4) is 0 Å². The molecule has 1 N–H and O–H groups in total. The zero-order chi connectivity index (χ0) is 10.1. The van der Waals surface area contributed by atoms with Crippen molar-refractivity contribution in [3.63, 3.8) is 0 Å². The van der Waals surface area contributed by atoms with Gasteiger partial charge in [0.25, 0.3) is 0 Å². The standard InChI is InChI=1S/C13H23NO/c1-2-4-11(3-1)13(9-15-10-13)12-5-7-14-8-6-12/h11-12,14H,1-10H2. The van der Waals surface area contributed by atoms with E-state index in [1.165, 1.54) is 51.6 Å². The quantitative estimate of drug-likeness (QED) is 0.753. The predicted octanol–water partition coefficient (Wildman–Crippen LogP) is 2.19. The van der Waals surface area contributed by atoms with Crippen molar-refractivity contribution in [2.75, 3.05) is 26.3 Å². The molecule has 2 heteroatoms. The Morgan fingerprint density at radius 2 is 1.47 bits per heavy atom. The second-order valence-electron chi connectivity index (χ2n) is 5.73.